The molecule has 2 atom stereocenters. The second-order valence-electron chi connectivity index (χ2n) is 6.61. The fourth-order valence-electron chi connectivity index (χ4n) is 3.76. The monoisotopic (exact) mass is 424 g/mol. The summed E-state index contributed by atoms with van der Waals surface area (Å²) in [7, 11) is 0. The summed E-state index contributed by atoms with van der Waals surface area (Å²) < 4.78 is 40.6. The maximum absolute atomic E-state index is 13.3. The number of alkyl halides is 3. The van der Waals surface area contributed by atoms with Gasteiger partial charge in [-0.1, -0.05) is 6.07 Å². The highest BCUT2D eigenvalue weighted by Crippen LogP contribution is 2.41. The van der Waals surface area contributed by atoms with Gasteiger partial charge < -0.3 is 0 Å². The Morgan fingerprint density at radius 3 is 2.73 bits per heavy atom. The molecule has 1 N–H and O–H groups in total. The van der Waals surface area contributed by atoms with Gasteiger partial charge in [0, 0.05) is 22.1 Å². The molecule has 0 aliphatic carbocycles. The van der Waals surface area contributed by atoms with Crippen LogP contribution in [0.5, 0.6) is 0 Å². The molecule has 2 aromatic heterocycles. The molecule has 1 aliphatic heterocycles. The van der Waals surface area contributed by atoms with Crippen LogP contribution in [0.3, 0.4) is 0 Å². The lowest BCUT2D eigenvalue weighted by atomic mass is 9.85. The highest BCUT2D eigenvalue weighted by atomic mass is 79.9. The normalized spacial score (nSPS) is 21.1. The standard InChI is InChI=1S/C18H16BrF3N4/c1-10-6-13-12(3-5-15-14(13)8-24-25-15)17(26(10)9-18(20,21)22)16-4-2-11(19)7-23-16/h2-5,7-8,10,17H,6,9H2,1H3,(H,24,25)/t10-,17?/m1/s1. The molecule has 136 valence electrons. The molecule has 26 heavy (non-hydrogen) atoms. The summed E-state index contributed by atoms with van der Waals surface area (Å²) in [5.74, 6) is 0. The van der Waals surface area contributed by atoms with Crippen molar-refractivity contribution in [3.63, 3.8) is 0 Å². The maximum atomic E-state index is 13.3. The number of fused-ring (bicyclic) bond motifs is 3. The lowest BCUT2D eigenvalue weighted by molar-refractivity contribution is -0.155. The van der Waals surface area contributed by atoms with Crippen molar-refractivity contribution in [2.45, 2.75) is 31.6 Å². The fourth-order valence-corrected chi connectivity index (χ4v) is 3.99. The number of pyridine rings is 1. The van der Waals surface area contributed by atoms with E-state index in [0.717, 1.165) is 26.5 Å². The van der Waals surface area contributed by atoms with Crippen LogP contribution in [0.25, 0.3) is 10.9 Å². The molecule has 0 saturated carbocycles. The number of halogens is 4. The molecule has 3 aromatic rings. The van der Waals surface area contributed by atoms with Crippen LogP contribution in [0.4, 0.5) is 13.2 Å². The number of rotatable bonds is 2. The van der Waals surface area contributed by atoms with Crippen LogP contribution >= 0.6 is 15.9 Å². The molecule has 8 heteroatoms. The van der Waals surface area contributed by atoms with Gasteiger partial charge in [0.2, 0.25) is 0 Å². The predicted octanol–water partition coefficient (Wildman–Crippen LogP) is 4.62. The number of aromatic nitrogens is 3. The summed E-state index contributed by atoms with van der Waals surface area (Å²) in [5.41, 5.74) is 3.39. The van der Waals surface area contributed by atoms with Crippen LogP contribution < -0.4 is 0 Å². The molecular weight excluding hydrogens is 409 g/mol. The molecule has 1 aliphatic rings. The number of nitrogens with zero attached hydrogens (tertiary/aromatic N) is 3. The van der Waals surface area contributed by atoms with E-state index in [1.165, 1.54) is 4.90 Å². The van der Waals surface area contributed by atoms with E-state index < -0.39 is 18.8 Å². The van der Waals surface area contributed by atoms with Gasteiger partial charge in [0.1, 0.15) is 0 Å². The van der Waals surface area contributed by atoms with Crippen LogP contribution in [-0.4, -0.2) is 38.8 Å². The van der Waals surface area contributed by atoms with E-state index in [0.29, 0.717) is 12.1 Å². The highest BCUT2D eigenvalue weighted by Gasteiger charge is 2.41. The summed E-state index contributed by atoms with van der Waals surface area (Å²) in [4.78, 5) is 5.89. The SMILES string of the molecule is C[C@@H]1Cc2c(ccc3[nH]ncc23)C(c2ccc(Br)cn2)N1CC(F)(F)F. The Morgan fingerprint density at radius 2 is 2.04 bits per heavy atom. The van der Waals surface area contributed by atoms with Crippen LogP contribution in [0.2, 0.25) is 0 Å². The fraction of sp³-hybridized carbons (Fsp3) is 0.333. The van der Waals surface area contributed by atoms with Crippen molar-refractivity contribution in [3.8, 4) is 0 Å². The van der Waals surface area contributed by atoms with E-state index in [2.05, 4.69) is 31.1 Å². The van der Waals surface area contributed by atoms with Gasteiger partial charge in [0.15, 0.2) is 0 Å². The Morgan fingerprint density at radius 1 is 1.23 bits per heavy atom. The molecule has 4 nitrogen and oxygen atoms in total. The summed E-state index contributed by atoms with van der Waals surface area (Å²) in [6.45, 7) is 0.860. The minimum Gasteiger partial charge on any atom is -0.279 e. The van der Waals surface area contributed by atoms with Gasteiger partial charge in [-0.15, -0.1) is 0 Å². The molecule has 0 amide bonds. The average molecular weight is 425 g/mol. The van der Waals surface area contributed by atoms with Crippen LogP contribution in [0, 0.1) is 0 Å². The molecule has 1 unspecified atom stereocenters. The van der Waals surface area contributed by atoms with Gasteiger partial charge >= 0.3 is 6.18 Å². The van der Waals surface area contributed by atoms with Crippen molar-refractivity contribution in [2.75, 3.05) is 6.54 Å². The third-order valence-corrected chi connectivity index (χ3v) is 5.33. The largest absolute Gasteiger partial charge is 0.401 e. The van der Waals surface area contributed by atoms with Crippen molar-refractivity contribution >= 4 is 26.8 Å². The number of hydrogen-bond donors (Lipinski definition) is 1. The Labute approximate surface area is 156 Å². The molecule has 0 radical (unpaired) electrons. The summed E-state index contributed by atoms with van der Waals surface area (Å²) in [6.07, 6.45) is -0.378. The predicted molar refractivity (Wildman–Crippen MR) is 95.8 cm³/mol. The Bertz CT molecular complexity index is 936. The van der Waals surface area contributed by atoms with Gasteiger partial charge in [-0.05, 0) is 58.6 Å². The minimum atomic E-state index is -4.28. The number of nitrogens with one attached hydrogen (secondary N) is 1. The van der Waals surface area contributed by atoms with Crippen LogP contribution in [-0.2, 0) is 6.42 Å². The highest BCUT2D eigenvalue weighted by molar-refractivity contribution is 9.10. The number of hydrogen-bond acceptors (Lipinski definition) is 3. The van der Waals surface area contributed by atoms with Gasteiger partial charge in [-0.3, -0.25) is 15.0 Å². The lowest BCUT2D eigenvalue weighted by Crippen LogP contribution is -2.47. The molecule has 0 spiro atoms. The number of aromatic amines is 1. The average Bonchev–Trinajstić information content (AvgIpc) is 3.05. The second kappa shape index (κ2) is 6.35. The van der Waals surface area contributed by atoms with Crippen molar-refractivity contribution in [1.29, 1.82) is 0 Å². The van der Waals surface area contributed by atoms with Gasteiger partial charge in [-0.2, -0.15) is 18.3 Å². The third-order valence-electron chi connectivity index (χ3n) is 4.86. The van der Waals surface area contributed by atoms with Gasteiger partial charge in [-0.25, -0.2) is 0 Å². The van der Waals surface area contributed by atoms with Crippen LogP contribution in [0.15, 0.2) is 41.1 Å². The first-order valence-corrected chi connectivity index (χ1v) is 9.01. The second-order valence-corrected chi connectivity index (χ2v) is 7.52. The third kappa shape index (κ3) is 3.12. The van der Waals surface area contributed by atoms with E-state index in [1.54, 1.807) is 18.5 Å². The van der Waals surface area contributed by atoms with E-state index in [4.69, 9.17) is 0 Å². The van der Waals surface area contributed by atoms with Crippen LogP contribution in [0.1, 0.15) is 29.8 Å². The van der Waals surface area contributed by atoms with Crippen molar-refractivity contribution < 1.29 is 13.2 Å². The Kier molecular flexibility index (Phi) is 4.27. The smallest absolute Gasteiger partial charge is 0.279 e. The molecule has 0 bridgehead atoms. The number of benzene rings is 1. The van der Waals surface area contributed by atoms with Gasteiger partial charge in [0.05, 0.1) is 30.0 Å². The number of H-pyrrole nitrogens is 1. The Hall–Kier alpha value is -1.93. The minimum absolute atomic E-state index is 0.278. The molecule has 0 fully saturated rings. The summed E-state index contributed by atoms with van der Waals surface area (Å²) in [5, 5.41) is 7.97. The van der Waals surface area contributed by atoms with Crippen molar-refractivity contribution in [3.05, 3.63) is 58.0 Å². The molecule has 3 heterocycles. The van der Waals surface area contributed by atoms with E-state index >= 15 is 0 Å². The van der Waals surface area contributed by atoms with Crippen molar-refractivity contribution in [2.24, 2.45) is 0 Å². The zero-order valence-corrected chi connectivity index (χ0v) is 15.5. The quantitative estimate of drug-likeness (QED) is 0.652. The maximum Gasteiger partial charge on any atom is 0.401 e. The van der Waals surface area contributed by atoms with E-state index in [-0.39, 0.29) is 6.04 Å². The molecule has 1 aromatic carbocycles. The summed E-state index contributed by atoms with van der Waals surface area (Å²) >= 11 is 3.34. The van der Waals surface area contributed by atoms with Crippen molar-refractivity contribution in [1.82, 2.24) is 20.1 Å². The zero-order valence-electron chi connectivity index (χ0n) is 13.9. The van der Waals surface area contributed by atoms with Gasteiger partial charge in [0.25, 0.3) is 0 Å². The topological polar surface area (TPSA) is 44.8 Å². The molecular formula is C18H16BrF3N4. The first kappa shape index (κ1) is 17.5. The first-order valence-electron chi connectivity index (χ1n) is 8.22. The first-order chi connectivity index (χ1) is 12.3. The zero-order chi connectivity index (χ0) is 18.5. The Balaban J connectivity index is 1.89. The van der Waals surface area contributed by atoms with E-state index in [9.17, 15) is 13.2 Å². The van der Waals surface area contributed by atoms with E-state index in [1.807, 2.05) is 25.1 Å². The summed E-state index contributed by atoms with van der Waals surface area (Å²) in [6, 6.07) is 6.51. The molecule has 0 saturated heterocycles. The molecule has 4 rings (SSSR count). The lowest BCUT2D eigenvalue weighted by Gasteiger charge is -2.42.